The van der Waals surface area contributed by atoms with Crippen LogP contribution in [0.1, 0.15) is 6.92 Å². The van der Waals surface area contributed by atoms with E-state index in [0.29, 0.717) is 0 Å². The zero-order chi connectivity index (χ0) is 4.99. The summed E-state index contributed by atoms with van der Waals surface area (Å²) in [5.74, 6) is -0.0231. The number of carbonyl (C=O) groups is 1. The van der Waals surface area contributed by atoms with Crippen molar-refractivity contribution in [3.05, 3.63) is 11.6 Å². The van der Waals surface area contributed by atoms with Gasteiger partial charge in [0.05, 0.1) is 0 Å². The van der Waals surface area contributed by atoms with Gasteiger partial charge in [0, 0.05) is 5.54 Å². The monoisotopic (exact) mass is 104 g/mol. The standard InChI is InChI=1S/C4H5ClO/c1-4(6)2-3-5/h2-3H,1H3/b3-2-. The van der Waals surface area contributed by atoms with Gasteiger partial charge >= 0.3 is 0 Å². The molecule has 0 unspecified atom stereocenters. The first kappa shape index (κ1) is 5.70. The molecule has 0 aromatic carbocycles. The van der Waals surface area contributed by atoms with E-state index in [-0.39, 0.29) is 5.78 Å². The summed E-state index contributed by atoms with van der Waals surface area (Å²) < 4.78 is 0. The maximum absolute atomic E-state index is 9.87. The van der Waals surface area contributed by atoms with E-state index in [9.17, 15) is 4.79 Å². The molecule has 0 aromatic heterocycles. The average molecular weight is 105 g/mol. The van der Waals surface area contributed by atoms with E-state index in [0.717, 1.165) is 0 Å². The minimum atomic E-state index is -0.0231. The highest BCUT2D eigenvalue weighted by molar-refractivity contribution is 6.26. The highest BCUT2D eigenvalue weighted by Gasteiger charge is 1.74. The predicted octanol–water partition coefficient (Wildman–Crippen LogP) is 1.33. The molecule has 0 radical (unpaired) electrons. The second-order valence-electron chi connectivity index (χ2n) is 0.903. The molecule has 0 saturated carbocycles. The molecule has 0 rings (SSSR count). The van der Waals surface area contributed by atoms with Crippen molar-refractivity contribution in [1.82, 2.24) is 0 Å². The Morgan fingerprint density at radius 2 is 2.33 bits per heavy atom. The van der Waals surface area contributed by atoms with Crippen molar-refractivity contribution in [3.8, 4) is 0 Å². The first-order valence-electron chi connectivity index (χ1n) is 1.54. The first-order valence-corrected chi connectivity index (χ1v) is 1.98. The Labute approximate surface area is 41.6 Å². The van der Waals surface area contributed by atoms with E-state index in [2.05, 4.69) is 0 Å². The molecule has 0 bridgehead atoms. The fourth-order valence-corrected chi connectivity index (χ4v) is 0.266. The van der Waals surface area contributed by atoms with Gasteiger partial charge in [-0.2, -0.15) is 0 Å². The summed E-state index contributed by atoms with van der Waals surface area (Å²) in [6.45, 7) is 1.44. The molecule has 6 heavy (non-hydrogen) atoms. The van der Waals surface area contributed by atoms with Crippen LogP contribution >= 0.6 is 11.6 Å². The van der Waals surface area contributed by atoms with Crippen LogP contribution in [0.3, 0.4) is 0 Å². The van der Waals surface area contributed by atoms with Gasteiger partial charge in [-0.1, -0.05) is 11.6 Å². The molecule has 0 N–H and O–H groups in total. The third-order valence-corrected chi connectivity index (χ3v) is 0.424. The average Bonchev–Trinajstić information content (AvgIpc) is 1.35. The molecule has 0 amide bonds. The third kappa shape index (κ3) is 3.70. The Morgan fingerprint density at radius 3 is 2.33 bits per heavy atom. The quantitative estimate of drug-likeness (QED) is 0.459. The van der Waals surface area contributed by atoms with Crippen molar-refractivity contribution in [2.45, 2.75) is 6.92 Å². The molecule has 0 aliphatic carbocycles. The largest absolute Gasteiger partial charge is 0.295 e. The lowest BCUT2D eigenvalue weighted by Crippen LogP contribution is -1.75. The van der Waals surface area contributed by atoms with Crippen molar-refractivity contribution >= 4 is 17.4 Å². The molecule has 0 atom stereocenters. The molecule has 0 saturated heterocycles. The molecular formula is C4H5ClO. The highest BCUT2D eigenvalue weighted by atomic mass is 35.5. The van der Waals surface area contributed by atoms with Crippen LogP contribution in [0.15, 0.2) is 11.6 Å². The van der Waals surface area contributed by atoms with Crippen LogP contribution in [0, 0.1) is 0 Å². The van der Waals surface area contributed by atoms with E-state index in [1.807, 2.05) is 0 Å². The summed E-state index contributed by atoms with van der Waals surface area (Å²) in [5.41, 5.74) is 1.20. The molecule has 34 valence electrons. The van der Waals surface area contributed by atoms with Crippen molar-refractivity contribution < 1.29 is 4.79 Å². The molecule has 0 aliphatic rings. The maximum Gasteiger partial charge on any atom is 0.153 e. The second kappa shape index (κ2) is 2.91. The predicted molar refractivity (Wildman–Crippen MR) is 25.7 cm³/mol. The summed E-state index contributed by atoms with van der Waals surface area (Å²) in [6, 6.07) is 0. The summed E-state index contributed by atoms with van der Waals surface area (Å²) in [5, 5.41) is 0. The number of rotatable bonds is 1. The third-order valence-electron chi connectivity index (χ3n) is 0.298. The van der Waals surface area contributed by atoms with E-state index in [1.54, 1.807) is 0 Å². The Balaban J connectivity index is 3.30. The van der Waals surface area contributed by atoms with E-state index >= 15 is 0 Å². The SMILES string of the molecule is CC(=O)/C=C\Cl. The molecular weight excluding hydrogens is 99.5 g/mol. The fraction of sp³-hybridized carbons (Fsp3) is 0.250. The van der Waals surface area contributed by atoms with Crippen molar-refractivity contribution in [1.29, 1.82) is 0 Å². The van der Waals surface area contributed by atoms with Crippen LogP contribution in [0.5, 0.6) is 0 Å². The lowest BCUT2D eigenvalue weighted by Gasteiger charge is -1.66. The molecule has 2 heteroatoms. The molecule has 0 heterocycles. The zero-order valence-electron chi connectivity index (χ0n) is 3.44. The summed E-state index contributed by atoms with van der Waals surface area (Å²) in [6.07, 6.45) is 1.29. The Hall–Kier alpha value is -0.300. The van der Waals surface area contributed by atoms with Crippen LogP contribution in [-0.4, -0.2) is 5.78 Å². The van der Waals surface area contributed by atoms with Gasteiger partial charge in [-0.3, -0.25) is 4.79 Å². The van der Waals surface area contributed by atoms with E-state index < -0.39 is 0 Å². The number of allylic oxidation sites excluding steroid dienone is 1. The van der Waals surface area contributed by atoms with Crippen LogP contribution in [0.4, 0.5) is 0 Å². The van der Waals surface area contributed by atoms with Crippen molar-refractivity contribution in [2.24, 2.45) is 0 Å². The fourth-order valence-electron chi connectivity index (χ4n) is 0.0887. The van der Waals surface area contributed by atoms with Gasteiger partial charge < -0.3 is 0 Å². The summed E-state index contributed by atoms with van der Waals surface area (Å²) in [4.78, 5) is 9.87. The molecule has 0 fully saturated rings. The number of ketones is 1. The highest BCUT2D eigenvalue weighted by Crippen LogP contribution is 1.76. The maximum atomic E-state index is 9.87. The first-order chi connectivity index (χ1) is 2.77. The number of hydrogen-bond donors (Lipinski definition) is 0. The summed E-state index contributed by atoms with van der Waals surface area (Å²) >= 11 is 5.00. The zero-order valence-corrected chi connectivity index (χ0v) is 4.20. The molecule has 1 nitrogen and oxygen atoms in total. The van der Waals surface area contributed by atoms with Gasteiger partial charge in [0.1, 0.15) is 0 Å². The summed E-state index contributed by atoms with van der Waals surface area (Å²) in [7, 11) is 0. The normalized spacial score (nSPS) is 9.67. The lowest BCUT2D eigenvalue weighted by molar-refractivity contribution is -0.112. The van der Waals surface area contributed by atoms with Crippen LogP contribution in [-0.2, 0) is 4.79 Å². The number of carbonyl (C=O) groups excluding carboxylic acids is 1. The van der Waals surface area contributed by atoms with Crippen molar-refractivity contribution in [3.63, 3.8) is 0 Å². The van der Waals surface area contributed by atoms with Gasteiger partial charge in [-0.25, -0.2) is 0 Å². The lowest BCUT2D eigenvalue weighted by atomic mass is 10.5. The topological polar surface area (TPSA) is 17.1 Å². The van der Waals surface area contributed by atoms with Crippen LogP contribution in [0.2, 0.25) is 0 Å². The smallest absolute Gasteiger partial charge is 0.153 e. The van der Waals surface area contributed by atoms with E-state index in [4.69, 9.17) is 11.6 Å². The minimum Gasteiger partial charge on any atom is -0.295 e. The van der Waals surface area contributed by atoms with E-state index in [1.165, 1.54) is 18.5 Å². The Morgan fingerprint density at radius 1 is 1.83 bits per heavy atom. The van der Waals surface area contributed by atoms with Gasteiger partial charge in [0.2, 0.25) is 0 Å². The Kier molecular flexibility index (Phi) is 2.77. The molecule has 0 aromatic rings. The number of hydrogen-bond acceptors (Lipinski definition) is 1. The van der Waals surface area contributed by atoms with Gasteiger partial charge in [0.25, 0.3) is 0 Å². The van der Waals surface area contributed by atoms with Gasteiger partial charge in [0.15, 0.2) is 5.78 Å². The van der Waals surface area contributed by atoms with Gasteiger partial charge in [-0.15, -0.1) is 0 Å². The molecule has 0 spiro atoms. The van der Waals surface area contributed by atoms with Crippen LogP contribution < -0.4 is 0 Å². The van der Waals surface area contributed by atoms with Gasteiger partial charge in [-0.05, 0) is 13.0 Å². The second-order valence-corrected chi connectivity index (χ2v) is 1.16. The Bertz CT molecular complexity index is 75.6. The number of halogens is 1. The minimum absolute atomic E-state index is 0.0231. The molecule has 0 aliphatic heterocycles. The van der Waals surface area contributed by atoms with Crippen molar-refractivity contribution in [2.75, 3.05) is 0 Å². The van der Waals surface area contributed by atoms with Crippen LogP contribution in [0.25, 0.3) is 0 Å².